The minimum Gasteiger partial charge on any atom is -0.469 e. The maximum absolute atomic E-state index is 12.9. The maximum atomic E-state index is 12.9. The highest BCUT2D eigenvalue weighted by atomic mass is 19.4. The molecule has 1 saturated carbocycles. The van der Waals surface area contributed by atoms with Gasteiger partial charge in [-0.2, -0.15) is 13.2 Å². The van der Waals surface area contributed by atoms with Gasteiger partial charge in [0.15, 0.2) is 0 Å². The Morgan fingerprint density at radius 3 is 2.63 bits per heavy atom. The van der Waals surface area contributed by atoms with Crippen molar-refractivity contribution in [3.8, 4) is 0 Å². The molecule has 0 aromatic rings. The predicted molar refractivity (Wildman–Crippen MR) is 65.3 cm³/mol. The molecule has 0 bridgehead atoms. The van der Waals surface area contributed by atoms with Gasteiger partial charge in [-0.25, -0.2) is 0 Å². The first-order chi connectivity index (χ1) is 8.75. The average Bonchev–Trinajstić information content (AvgIpc) is 2.36. The van der Waals surface area contributed by atoms with Crippen LogP contribution in [-0.2, 0) is 9.53 Å². The first kappa shape index (κ1) is 16.3. The summed E-state index contributed by atoms with van der Waals surface area (Å²) in [5, 5.41) is 0. The molecule has 0 amide bonds. The summed E-state index contributed by atoms with van der Waals surface area (Å²) >= 11 is 0. The van der Waals surface area contributed by atoms with E-state index in [-0.39, 0.29) is 19.3 Å². The zero-order valence-corrected chi connectivity index (χ0v) is 11.4. The lowest BCUT2D eigenvalue weighted by Crippen LogP contribution is -2.48. The second-order valence-electron chi connectivity index (χ2n) is 5.46. The first-order valence-electron chi connectivity index (χ1n) is 6.64. The Morgan fingerprint density at radius 1 is 1.53 bits per heavy atom. The number of hydrogen-bond donors (Lipinski definition) is 1. The summed E-state index contributed by atoms with van der Waals surface area (Å²) in [6, 6.07) is -0.406. The normalized spacial score (nSPS) is 29.9. The van der Waals surface area contributed by atoms with E-state index < -0.39 is 29.5 Å². The Kier molecular flexibility index (Phi) is 5.24. The molecule has 0 saturated heterocycles. The quantitative estimate of drug-likeness (QED) is 0.806. The van der Waals surface area contributed by atoms with Gasteiger partial charge >= 0.3 is 12.1 Å². The van der Waals surface area contributed by atoms with Crippen LogP contribution in [0.2, 0.25) is 0 Å². The molecular weight excluding hydrogens is 259 g/mol. The van der Waals surface area contributed by atoms with E-state index in [1.807, 2.05) is 6.92 Å². The van der Waals surface area contributed by atoms with Gasteiger partial charge in [-0.05, 0) is 31.1 Å². The van der Waals surface area contributed by atoms with Gasteiger partial charge in [0.25, 0.3) is 0 Å². The molecule has 2 N–H and O–H groups in total. The molecule has 1 aliphatic carbocycles. The Morgan fingerprint density at radius 2 is 2.16 bits per heavy atom. The maximum Gasteiger partial charge on any atom is 0.391 e. The molecule has 1 fully saturated rings. The Bertz CT molecular complexity index is 320. The van der Waals surface area contributed by atoms with E-state index in [1.54, 1.807) is 0 Å². The van der Waals surface area contributed by atoms with Gasteiger partial charge in [-0.3, -0.25) is 4.79 Å². The SMILES string of the molecule is CCC(N)C1(CC(=O)OC)CCCC(C(F)(F)F)C1. The number of carbonyl (C=O) groups excluding carboxylic acids is 1. The molecule has 3 unspecified atom stereocenters. The number of hydrogen-bond acceptors (Lipinski definition) is 3. The van der Waals surface area contributed by atoms with Crippen molar-refractivity contribution in [3.05, 3.63) is 0 Å². The van der Waals surface area contributed by atoms with Crippen LogP contribution in [0, 0.1) is 11.3 Å². The fraction of sp³-hybridized carbons (Fsp3) is 0.923. The Hall–Kier alpha value is -0.780. The van der Waals surface area contributed by atoms with E-state index in [4.69, 9.17) is 5.73 Å². The Labute approximate surface area is 111 Å². The summed E-state index contributed by atoms with van der Waals surface area (Å²) in [4.78, 5) is 11.5. The van der Waals surface area contributed by atoms with Crippen LogP contribution in [-0.4, -0.2) is 25.3 Å². The average molecular weight is 281 g/mol. The van der Waals surface area contributed by atoms with Crippen molar-refractivity contribution in [2.75, 3.05) is 7.11 Å². The monoisotopic (exact) mass is 281 g/mol. The number of methoxy groups -OCH3 is 1. The van der Waals surface area contributed by atoms with Crippen LogP contribution in [0.1, 0.15) is 45.4 Å². The third-order valence-corrected chi connectivity index (χ3v) is 4.29. The van der Waals surface area contributed by atoms with Gasteiger partial charge in [0.1, 0.15) is 0 Å². The zero-order chi connectivity index (χ0) is 14.7. The fourth-order valence-corrected chi connectivity index (χ4v) is 3.10. The van der Waals surface area contributed by atoms with Crippen LogP contribution in [0.5, 0.6) is 0 Å². The summed E-state index contributed by atoms with van der Waals surface area (Å²) in [5.41, 5.74) is 5.24. The molecule has 6 heteroatoms. The Balaban J connectivity index is 2.93. The third-order valence-electron chi connectivity index (χ3n) is 4.29. The lowest BCUT2D eigenvalue weighted by atomic mass is 9.63. The fourth-order valence-electron chi connectivity index (χ4n) is 3.10. The molecule has 3 atom stereocenters. The van der Waals surface area contributed by atoms with Crippen molar-refractivity contribution in [1.82, 2.24) is 0 Å². The smallest absolute Gasteiger partial charge is 0.391 e. The van der Waals surface area contributed by atoms with Crippen LogP contribution in [0.3, 0.4) is 0 Å². The molecule has 1 rings (SSSR count). The topological polar surface area (TPSA) is 52.3 Å². The van der Waals surface area contributed by atoms with Gasteiger partial charge in [0.2, 0.25) is 0 Å². The number of halogens is 3. The molecule has 0 aromatic carbocycles. The molecule has 1 aliphatic rings. The van der Waals surface area contributed by atoms with Gasteiger partial charge < -0.3 is 10.5 Å². The lowest BCUT2D eigenvalue weighted by Gasteiger charge is -2.44. The van der Waals surface area contributed by atoms with E-state index in [9.17, 15) is 18.0 Å². The van der Waals surface area contributed by atoms with E-state index >= 15 is 0 Å². The van der Waals surface area contributed by atoms with E-state index in [2.05, 4.69) is 4.74 Å². The summed E-state index contributed by atoms with van der Waals surface area (Å²) in [6.45, 7) is 1.83. The molecule has 0 radical (unpaired) electrons. The van der Waals surface area contributed by atoms with Crippen LogP contribution >= 0.6 is 0 Å². The summed E-state index contributed by atoms with van der Waals surface area (Å²) in [7, 11) is 1.25. The number of esters is 1. The van der Waals surface area contributed by atoms with Gasteiger partial charge in [-0.15, -0.1) is 0 Å². The van der Waals surface area contributed by atoms with Crippen LogP contribution in [0.25, 0.3) is 0 Å². The first-order valence-corrected chi connectivity index (χ1v) is 6.64. The van der Waals surface area contributed by atoms with Crippen molar-refractivity contribution in [1.29, 1.82) is 0 Å². The zero-order valence-electron chi connectivity index (χ0n) is 11.4. The largest absolute Gasteiger partial charge is 0.469 e. The minimum atomic E-state index is -4.21. The van der Waals surface area contributed by atoms with Crippen molar-refractivity contribution in [2.24, 2.45) is 17.1 Å². The van der Waals surface area contributed by atoms with Crippen molar-refractivity contribution in [2.45, 2.75) is 57.7 Å². The minimum absolute atomic E-state index is 0.0227. The van der Waals surface area contributed by atoms with Crippen molar-refractivity contribution in [3.63, 3.8) is 0 Å². The van der Waals surface area contributed by atoms with Gasteiger partial charge in [0.05, 0.1) is 19.4 Å². The highest BCUT2D eigenvalue weighted by Crippen LogP contribution is 2.49. The van der Waals surface area contributed by atoms with Gasteiger partial charge in [-0.1, -0.05) is 13.3 Å². The molecule has 0 aliphatic heterocycles. The van der Waals surface area contributed by atoms with Crippen LogP contribution in [0.15, 0.2) is 0 Å². The second kappa shape index (κ2) is 6.11. The van der Waals surface area contributed by atoms with Crippen LogP contribution in [0.4, 0.5) is 13.2 Å². The number of ether oxygens (including phenoxy) is 1. The summed E-state index contributed by atoms with van der Waals surface area (Å²) in [6.07, 6.45) is -2.61. The number of alkyl halides is 3. The molecule has 0 aromatic heterocycles. The standard InChI is InChI=1S/C13H22F3NO2/c1-3-10(17)12(8-11(18)19-2)6-4-5-9(7-12)13(14,15)16/h9-10H,3-8,17H2,1-2H3. The van der Waals surface area contributed by atoms with Crippen molar-refractivity contribution < 1.29 is 22.7 Å². The lowest BCUT2D eigenvalue weighted by molar-refractivity contribution is -0.195. The molecule has 19 heavy (non-hydrogen) atoms. The number of carbonyl (C=O) groups is 1. The molecule has 3 nitrogen and oxygen atoms in total. The second-order valence-corrected chi connectivity index (χ2v) is 5.46. The third kappa shape index (κ3) is 3.84. The van der Waals surface area contributed by atoms with Crippen molar-refractivity contribution >= 4 is 5.97 Å². The summed E-state index contributed by atoms with van der Waals surface area (Å²) in [5.74, 6) is -1.84. The van der Waals surface area contributed by atoms with Gasteiger partial charge in [0, 0.05) is 6.04 Å². The molecule has 0 spiro atoms. The number of nitrogens with two attached hydrogens (primary N) is 1. The predicted octanol–water partition coefficient (Wildman–Crippen LogP) is 3.03. The highest BCUT2D eigenvalue weighted by molar-refractivity contribution is 5.70. The van der Waals surface area contributed by atoms with E-state index in [1.165, 1.54) is 7.11 Å². The van der Waals surface area contributed by atoms with E-state index in [0.29, 0.717) is 19.3 Å². The summed E-state index contributed by atoms with van der Waals surface area (Å²) < 4.78 is 43.4. The highest BCUT2D eigenvalue weighted by Gasteiger charge is 2.50. The van der Waals surface area contributed by atoms with E-state index in [0.717, 1.165) is 0 Å². The molecular formula is C13H22F3NO2. The number of rotatable bonds is 4. The molecule has 0 heterocycles. The van der Waals surface area contributed by atoms with Crippen LogP contribution < -0.4 is 5.73 Å². The molecule has 112 valence electrons.